The molecule has 0 spiro atoms. The number of hydrazone groups is 1. The maximum atomic E-state index is 13.7. The van der Waals surface area contributed by atoms with Gasteiger partial charge in [0.25, 0.3) is 0 Å². The largest absolute Gasteiger partial charge is 0.273 e. The van der Waals surface area contributed by atoms with Crippen LogP contribution in [0.15, 0.2) is 41.9 Å². The predicted molar refractivity (Wildman–Crippen MR) is 117 cm³/mol. The topological polar surface area (TPSA) is 100 Å². The lowest BCUT2D eigenvalue weighted by Crippen LogP contribution is -2.49. The predicted octanol–water partition coefficient (Wildman–Crippen LogP) is 3.46. The van der Waals surface area contributed by atoms with Gasteiger partial charge in [-0.1, -0.05) is 0 Å². The van der Waals surface area contributed by atoms with E-state index in [0.717, 1.165) is 31.3 Å². The van der Waals surface area contributed by atoms with Gasteiger partial charge in [0.1, 0.15) is 28.6 Å². The fourth-order valence-electron chi connectivity index (χ4n) is 5.69. The summed E-state index contributed by atoms with van der Waals surface area (Å²) >= 11 is 0. The third kappa shape index (κ3) is 3.46. The molecule has 7 rings (SSSR count). The quantitative estimate of drug-likeness (QED) is 0.615. The first-order valence-electron chi connectivity index (χ1n) is 11.3. The molecule has 4 aliphatic rings. The van der Waals surface area contributed by atoms with Crippen LogP contribution in [-0.4, -0.2) is 36.9 Å². The molecule has 1 aliphatic heterocycles. The van der Waals surface area contributed by atoms with Gasteiger partial charge in [-0.25, -0.2) is 14.4 Å². The molecule has 2 bridgehead atoms. The Bertz CT molecular complexity index is 1310. The Hall–Kier alpha value is -3.67. The van der Waals surface area contributed by atoms with Crippen molar-refractivity contribution in [1.82, 2.24) is 24.8 Å². The van der Waals surface area contributed by atoms with Crippen molar-refractivity contribution in [1.29, 1.82) is 5.26 Å². The van der Waals surface area contributed by atoms with Gasteiger partial charge in [0.05, 0.1) is 18.4 Å². The van der Waals surface area contributed by atoms with Crippen molar-refractivity contribution < 1.29 is 9.18 Å². The molecular formula is C24H22FN7O. The van der Waals surface area contributed by atoms with Crippen molar-refractivity contribution in [2.24, 2.45) is 28.8 Å². The van der Waals surface area contributed by atoms with Crippen LogP contribution in [0.2, 0.25) is 0 Å². The lowest BCUT2D eigenvalue weighted by Gasteiger charge is -2.51. The van der Waals surface area contributed by atoms with Gasteiger partial charge in [-0.05, 0) is 60.8 Å². The van der Waals surface area contributed by atoms with Crippen LogP contribution in [0.25, 0.3) is 11.0 Å². The van der Waals surface area contributed by atoms with E-state index in [1.807, 2.05) is 16.9 Å². The van der Waals surface area contributed by atoms with E-state index in [2.05, 4.69) is 26.2 Å². The van der Waals surface area contributed by atoms with Crippen LogP contribution in [0.1, 0.15) is 43.0 Å². The summed E-state index contributed by atoms with van der Waals surface area (Å²) in [6.07, 6.45) is 9.84. The van der Waals surface area contributed by atoms with Crippen LogP contribution in [0, 0.1) is 40.8 Å². The van der Waals surface area contributed by atoms with Gasteiger partial charge >= 0.3 is 0 Å². The number of carbonyl (C=O) groups is 1. The third-order valence-corrected chi connectivity index (χ3v) is 7.43. The molecule has 3 aromatic heterocycles. The second kappa shape index (κ2) is 7.73. The number of carbonyl (C=O) groups excluding carboxylic acids is 1. The summed E-state index contributed by atoms with van der Waals surface area (Å²) in [6, 6.07) is 6.69. The first-order valence-corrected chi connectivity index (χ1v) is 11.3. The molecule has 8 nitrogen and oxygen atoms in total. The standard InChI is InChI=1S/C24H22FN7O/c25-18-7-16(10-27-11-18)23-3-4-28-32(23)24(33)20-8-17(14-5-15(20)6-14)12-31-13-22-21(30-31)2-1-19(9-26)29-22/h1-2,4,7,10-11,13-15,17,20,23H,3,5-6,8,12H2/t14?,15?,17?,20-,23?/m0/s1. The van der Waals surface area contributed by atoms with E-state index >= 15 is 0 Å². The highest BCUT2D eigenvalue weighted by molar-refractivity contribution is 5.82. The molecule has 0 aromatic carbocycles. The number of nitrogens with zero attached hydrogens (tertiary/aromatic N) is 7. The Morgan fingerprint density at radius 1 is 1.18 bits per heavy atom. The van der Waals surface area contributed by atoms with Crippen LogP contribution in [0.4, 0.5) is 4.39 Å². The van der Waals surface area contributed by atoms with E-state index in [9.17, 15) is 9.18 Å². The number of nitriles is 1. The van der Waals surface area contributed by atoms with Gasteiger partial charge in [0, 0.05) is 31.3 Å². The van der Waals surface area contributed by atoms with Crippen molar-refractivity contribution in [2.45, 2.75) is 38.3 Å². The molecule has 2 unspecified atom stereocenters. The molecule has 9 heteroatoms. The first-order chi connectivity index (χ1) is 16.1. The molecule has 166 valence electrons. The number of aromatic nitrogens is 4. The first kappa shape index (κ1) is 20.0. The summed E-state index contributed by atoms with van der Waals surface area (Å²) in [6.45, 7) is 0.722. The van der Waals surface area contributed by atoms with Crippen LogP contribution >= 0.6 is 0 Å². The molecule has 0 N–H and O–H groups in total. The highest BCUT2D eigenvalue weighted by atomic mass is 19.1. The summed E-state index contributed by atoms with van der Waals surface area (Å²) in [4.78, 5) is 21.8. The van der Waals surface area contributed by atoms with Gasteiger partial charge in [-0.3, -0.25) is 14.5 Å². The minimum absolute atomic E-state index is 0.0251. The SMILES string of the molecule is N#Cc1ccc2nn(CC3C[C@H](C(=O)N4N=CCC4c4cncc(F)c4)C4CC3C4)cc2n1. The van der Waals surface area contributed by atoms with E-state index in [1.54, 1.807) is 23.5 Å². The van der Waals surface area contributed by atoms with Crippen LogP contribution < -0.4 is 0 Å². The smallest absolute Gasteiger partial charge is 0.246 e. The Kier molecular flexibility index (Phi) is 4.68. The molecular weight excluding hydrogens is 421 g/mol. The highest BCUT2D eigenvalue weighted by Crippen LogP contribution is 2.53. The fourth-order valence-corrected chi connectivity index (χ4v) is 5.69. The Morgan fingerprint density at radius 2 is 2.06 bits per heavy atom. The van der Waals surface area contributed by atoms with Crippen molar-refractivity contribution >= 4 is 23.2 Å². The third-order valence-electron chi connectivity index (χ3n) is 7.43. The maximum absolute atomic E-state index is 13.7. The number of fused-ring (bicyclic) bond motifs is 3. The fraction of sp³-hybridized carbons (Fsp3) is 0.417. The number of halogens is 1. The summed E-state index contributed by atoms with van der Waals surface area (Å²) in [5.74, 6) is 0.852. The molecule has 1 amide bonds. The molecule has 4 heterocycles. The zero-order valence-electron chi connectivity index (χ0n) is 17.9. The maximum Gasteiger partial charge on any atom is 0.246 e. The number of pyridine rings is 2. The average Bonchev–Trinajstić information content (AvgIpc) is 3.44. The molecule has 0 radical (unpaired) electrons. The van der Waals surface area contributed by atoms with Crippen molar-refractivity contribution in [3.8, 4) is 6.07 Å². The summed E-state index contributed by atoms with van der Waals surface area (Å²) in [5, 5.41) is 19.6. The van der Waals surface area contributed by atoms with Crippen LogP contribution in [0.3, 0.4) is 0 Å². The van der Waals surface area contributed by atoms with Gasteiger partial charge in [0.15, 0.2) is 0 Å². The molecule has 3 aromatic rings. The minimum atomic E-state index is -0.408. The Labute approximate surface area is 189 Å². The molecule has 3 saturated carbocycles. The van der Waals surface area contributed by atoms with Gasteiger partial charge in [-0.2, -0.15) is 15.5 Å². The number of hydrogen-bond acceptors (Lipinski definition) is 6. The second-order valence-corrected chi connectivity index (χ2v) is 9.33. The second-order valence-electron chi connectivity index (χ2n) is 9.33. The summed E-state index contributed by atoms with van der Waals surface area (Å²) in [7, 11) is 0. The van der Waals surface area contributed by atoms with E-state index in [0.29, 0.717) is 40.9 Å². The van der Waals surface area contributed by atoms with E-state index < -0.39 is 5.82 Å². The zero-order valence-corrected chi connectivity index (χ0v) is 17.9. The lowest BCUT2D eigenvalue weighted by molar-refractivity contribution is -0.147. The van der Waals surface area contributed by atoms with Gasteiger partial charge in [0.2, 0.25) is 5.91 Å². The highest BCUT2D eigenvalue weighted by Gasteiger charge is 2.50. The number of amides is 1. The van der Waals surface area contributed by atoms with Crippen molar-refractivity contribution in [3.05, 3.63) is 53.9 Å². The normalized spacial score (nSPS) is 28.0. The van der Waals surface area contributed by atoms with E-state index in [4.69, 9.17) is 5.26 Å². The van der Waals surface area contributed by atoms with Gasteiger partial charge in [-0.15, -0.1) is 0 Å². The molecule has 33 heavy (non-hydrogen) atoms. The van der Waals surface area contributed by atoms with Gasteiger partial charge < -0.3 is 0 Å². The zero-order chi connectivity index (χ0) is 22.5. The Morgan fingerprint density at radius 3 is 2.88 bits per heavy atom. The Balaban J connectivity index is 1.19. The average molecular weight is 443 g/mol. The van der Waals surface area contributed by atoms with Crippen molar-refractivity contribution in [2.75, 3.05) is 0 Å². The summed E-state index contributed by atoms with van der Waals surface area (Å²) < 4.78 is 15.6. The van der Waals surface area contributed by atoms with Crippen LogP contribution in [0.5, 0.6) is 0 Å². The number of hydrogen-bond donors (Lipinski definition) is 0. The molecule has 3 aliphatic carbocycles. The minimum Gasteiger partial charge on any atom is -0.273 e. The summed E-state index contributed by atoms with van der Waals surface area (Å²) in [5.41, 5.74) is 2.53. The van der Waals surface area contributed by atoms with Crippen molar-refractivity contribution in [3.63, 3.8) is 0 Å². The monoisotopic (exact) mass is 443 g/mol. The molecule has 3 fully saturated rings. The van der Waals surface area contributed by atoms with E-state index in [1.165, 1.54) is 12.3 Å². The number of rotatable bonds is 4. The lowest BCUT2D eigenvalue weighted by atomic mass is 9.55. The van der Waals surface area contributed by atoms with Crippen LogP contribution in [-0.2, 0) is 11.3 Å². The van der Waals surface area contributed by atoms with E-state index in [-0.39, 0.29) is 17.9 Å². The molecule has 3 atom stereocenters. The molecule has 0 saturated heterocycles.